The lowest BCUT2D eigenvalue weighted by Crippen LogP contribution is -2.27. The molecule has 1 heterocycles. The highest BCUT2D eigenvalue weighted by molar-refractivity contribution is 5.77. The van der Waals surface area contributed by atoms with Crippen molar-refractivity contribution < 1.29 is 9.53 Å². The summed E-state index contributed by atoms with van der Waals surface area (Å²) in [6.07, 6.45) is 1.48. The third kappa shape index (κ3) is 2.45. The van der Waals surface area contributed by atoms with Crippen LogP contribution in [0.1, 0.15) is 20.8 Å². The van der Waals surface area contributed by atoms with E-state index in [1.54, 1.807) is 26.8 Å². The number of pyridine rings is 1. The Balaban J connectivity index is 2.86. The number of carbonyl (C=O) groups excluding carboxylic acids is 1. The number of aromatic amines is 1. The van der Waals surface area contributed by atoms with Crippen LogP contribution in [-0.2, 0) is 4.79 Å². The Bertz CT molecular complexity index is 387. The summed E-state index contributed by atoms with van der Waals surface area (Å²) in [5.41, 5.74) is -1.01. The molecule has 0 aliphatic heterocycles. The van der Waals surface area contributed by atoms with Crippen molar-refractivity contribution in [1.29, 1.82) is 0 Å². The van der Waals surface area contributed by atoms with E-state index in [-0.39, 0.29) is 5.75 Å². The molecule has 1 rings (SSSR count). The van der Waals surface area contributed by atoms with Crippen LogP contribution in [0.15, 0.2) is 23.1 Å². The zero-order chi connectivity index (χ0) is 10.8. The quantitative estimate of drug-likeness (QED) is 0.687. The Hall–Kier alpha value is -1.58. The Labute approximate surface area is 81.9 Å². The van der Waals surface area contributed by atoms with Crippen LogP contribution in [0.3, 0.4) is 0 Å². The maximum absolute atomic E-state index is 11.4. The Kier molecular flexibility index (Phi) is 2.74. The molecular formula is C10H13NO3. The van der Waals surface area contributed by atoms with Gasteiger partial charge in [-0.15, -0.1) is 0 Å². The first kappa shape index (κ1) is 10.5. The normalized spacial score (nSPS) is 11.1. The molecule has 0 unspecified atom stereocenters. The molecule has 0 atom stereocenters. The summed E-state index contributed by atoms with van der Waals surface area (Å²) in [6, 6.07) is 3.06. The number of esters is 1. The summed E-state index contributed by atoms with van der Waals surface area (Å²) in [4.78, 5) is 25.0. The zero-order valence-electron chi connectivity index (χ0n) is 8.46. The van der Waals surface area contributed by atoms with Gasteiger partial charge in [0.15, 0.2) is 5.75 Å². The molecule has 4 heteroatoms. The predicted octanol–water partition coefficient (Wildman–Crippen LogP) is 1.33. The first-order valence-electron chi connectivity index (χ1n) is 4.31. The number of nitrogens with one attached hydrogen (secondary N) is 1. The first-order chi connectivity index (χ1) is 6.41. The van der Waals surface area contributed by atoms with Crippen molar-refractivity contribution in [3.05, 3.63) is 28.7 Å². The van der Waals surface area contributed by atoms with Crippen LogP contribution >= 0.6 is 0 Å². The van der Waals surface area contributed by atoms with Crippen molar-refractivity contribution in [2.24, 2.45) is 5.41 Å². The van der Waals surface area contributed by atoms with Gasteiger partial charge >= 0.3 is 5.97 Å². The van der Waals surface area contributed by atoms with Crippen LogP contribution in [0.25, 0.3) is 0 Å². The number of ether oxygens (including phenoxy) is 1. The predicted molar refractivity (Wildman–Crippen MR) is 52.2 cm³/mol. The molecule has 76 valence electrons. The maximum atomic E-state index is 11.4. The van der Waals surface area contributed by atoms with Crippen molar-refractivity contribution in [2.45, 2.75) is 20.8 Å². The number of aromatic nitrogens is 1. The van der Waals surface area contributed by atoms with E-state index in [1.807, 2.05) is 0 Å². The molecule has 0 aliphatic carbocycles. The minimum Gasteiger partial charge on any atom is -0.420 e. The van der Waals surface area contributed by atoms with Crippen LogP contribution in [0.5, 0.6) is 5.75 Å². The van der Waals surface area contributed by atoms with Crippen molar-refractivity contribution >= 4 is 5.97 Å². The number of H-pyrrole nitrogens is 1. The van der Waals surface area contributed by atoms with E-state index < -0.39 is 16.9 Å². The van der Waals surface area contributed by atoms with Crippen LogP contribution in [0.4, 0.5) is 0 Å². The lowest BCUT2D eigenvalue weighted by Gasteiger charge is -2.15. The molecule has 0 fully saturated rings. The lowest BCUT2D eigenvalue weighted by molar-refractivity contribution is -0.143. The van der Waals surface area contributed by atoms with Crippen LogP contribution in [0.2, 0.25) is 0 Å². The van der Waals surface area contributed by atoms with E-state index in [0.29, 0.717) is 0 Å². The molecule has 0 amide bonds. The highest BCUT2D eigenvalue weighted by atomic mass is 16.5. The van der Waals surface area contributed by atoms with Crippen LogP contribution < -0.4 is 10.3 Å². The van der Waals surface area contributed by atoms with Gasteiger partial charge in [0.05, 0.1) is 5.41 Å². The second-order valence-electron chi connectivity index (χ2n) is 4.00. The molecule has 0 saturated carbocycles. The van der Waals surface area contributed by atoms with E-state index >= 15 is 0 Å². The molecule has 1 aromatic heterocycles. The number of rotatable bonds is 1. The van der Waals surface area contributed by atoms with Gasteiger partial charge in [0.1, 0.15) is 0 Å². The summed E-state index contributed by atoms with van der Waals surface area (Å²) in [5, 5.41) is 0. The van der Waals surface area contributed by atoms with Gasteiger partial charge in [-0.25, -0.2) is 0 Å². The van der Waals surface area contributed by atoms with Crippen molar-refractivity contribution in [2.75, 3.05) is 0 Å². The third-order valence-electron chi connectivity index (χ3n) is 1.60. The number of carbonyl (C=O) groups is 1. The fourth-order valence-electron chi connectivity index (χ4n) is 0.739. The molecule has 1 aromatic rings. The average molecular weight is 195 g/mol. The lowest BCUT2D eigenvalue weighted by atomic mass is 9.97. The molecule has 4 nitrogen and oxygen atoms in total. The molecule has 0 radical (unpaired) electrons. The van der Waals surface area contributed by atoms with Gasteiger partial charge in [0.2, 0.25) is 0 Å². The fraction of sp³-hybridized carbons (Fsp3) is 0.400. The standard InChI is InChI=1S/C10H13NO3/c1-10(2,3)9(13)14-7-5-4-6-11-8(7)12/h4-6H,1-3H3,(H,11,12). The average Bonchev–Trinajstić information content (AvgIpc) is 2.07. The number of hydrogen-bond acceptors (Lipinski definition) is 3. The summed E-state index contributed by atoms with van der Waals surface area (Å²) in [7, 11) is 0. The second kappa shape index (κ2) is 3.65. The minimum absolute atomic E-state index is 0.0347. The Morgan fingerprint density at radius 1 is 1.43 bits per heavy atom. The van der Waals surface area contributed by atoms with E-state index in [0.717, 1.165) is 0 Å². The van der Waals surface area contributed by atoms with Gasteiger partial charge in [-0.05, 0) is 32.9 Å². The molecule has 0 bridgehead atoms. The van der Waals surface area contributed by atoms with Crippen molar-refractivity contribution in [1.82, 2.24) is 4.98 Å². The molecule has 0 saturated heterocycles. The van der Waals surface area contributed by atoms with E-state index in [9.17, 15) is 9.59 Å². The summed E-state index contributed by atoms with van der Waals surface area (Å²) in [6.45, 7) is 5.19. The summed E-state index contributed by atoms with van der Waals surface area (Å²) in [5.74, 6) is -0.387. The zero-order valence-corrected chi connectivity index (χ0v) is 8.46. The number of hydrogen-bond donors (Lipinski definition) is 1. The highest BCUT2D eigenvalue weighted by Crippen LogP contribution is 2.16. The van der Waals surface area contributed by atoms with Crippen molar-refractivity contribution in [3.8, 4) is 5.75 Å². The van der Waals surface area contributed by atoms with Crippen LogP contribution in [0, 0.1) is 5.41 Å². The van der Waals surface area contributed by atoms with Crippen LogP contribution in [-0.4, -0.2) is 11.0 Å². The van der Waals surface area contributed by atoms with Gasteiger partial charge in [-0.1, -0.05) is 0 Å². The van der Waals surface area contributed by atoms with Gasteiger partial charge in [-0.3, -0.25) is 9.59 Å². The maximum Gasteiger partial charge on any atom is 0.316 e. The van der Waals surface area contributed by atoms with Gasteiger partial charge in [-0.2, -0.15) is 0 Å². The first-order valence-corrected chi connectivity index (χ1v) is 4.31. The second-order valence-corrected chi connectivity index (χ2v) is 4.00. The smallest absolute Gasteiger partial charge is 0.316 e. The minimum atomic E-state index is -0.609. The molecular weight excluding hydrogens is 182 g/mol. The largest absolute Gasteiger partial charge is 0.420 e. The van der Waals surface area contributed by atoms with Gasteiger partial charge < -0.3 is 9.72 Å². The summed E-state index contributed by atoms with van der Waals surface area (Å²) >= 11 is 0. The molecule has 0 spiro atoms. The van der Waals surface area contributed by atoms with E-state index in [1.165, 1.54) is 12.3 Å². The Morgan fingerprint density at radius 3 is 2.57 bits per heavy atom. The molecule has 0 aliphatic rings. The molecule has 1 N–H and O–H groups in total. The highest BCUT2D eigenvalue weighted by Gasteiger charge is 2.24. The topological polar surface area (TPSA) is 59.2 Å². The SMILES string of the molecule is CC(C)(C)C(=O)Oc1ccc[nH]c1=O. The molecule has 14 heavy (non-hydrogen) atoms. The summed E-state index contributed by atoms with van der Waals surface area (Å²) < 4.78 is 4.93. The fourth-order valence-corrected chi connectivity index (χ4v) is 0.739. The van der Waals surface area contributed by atoms with E-state index in [2.05, 4.69) is 4.98 Å². The third-order valence-corrected chi connectivity index (χ3v) is 1.60. The Morgan fingerprint density at radius 2 is 2.07 bits per heavy atom. The van der Waals surface area contributed by atoms with Gasteiger partial charge in [0.25, 0.3) is 5.56 Å². The molecule has 0 aromatic carbocycles. The van der Waals surface area contributed by atoms with Gasteiger partial charge in [0, 0.05) is 6.20 Å². The monoisotopic (exact) mass is 195 g/mol. The van der Waals surface area contributed by atoms with Crippen molar-refractivity contribution in [3.63, 3.8) is 0 Å². The van der Waals surface area contributed by atoms with E-state index in [4.69, 9.17) is 4.74 Å².